The number of hydrogen-bond donors (Lipinski definition) is 0. The van der Waals surface area contributed by atoms with Crippen molar-refractivity contribution >= 4 is 23.6 Å². The molecule has 34 heavy (non-hydrogen) atoms. The van der Waals surface area contributed by atoms with Crippen molar-refractivity contribution in [1.29, 1.82) is 0 Å². The van der Waals surface area contributed by atoms with Crippen molar-refractivity contribution < 1.29 is 19.1 Å². The van der Waals surface area contributed by atoms with Crippen molar-refractivity contribution in [2.75, 3.05) is 40.5 Å². The maximum atomic E-state index is 13.4. The van der Waals surface area contributed by atoms with E-state index in [0.29, 0.717) is 36.0 Å². The van der Waals surface area contributed by atoms with Gasteiger partial charge >= 0.3 is 6.09 Å². The minimum atomic E-state index is -0.369. The van der Waals surface area contributed by atoms with Gasteiger partial charge in [-0.2, -0.15) is 0 Å². The molecule has 1 spiro atoms. The van der Waals surface area contributed by atoms with E-state index in [4.69, 9.17) is 21.1 Å². The van der Waals surface area contributed by atoms with Gasteiger partial charge in [0.1, 0.15) is 23.9 Å². The topological polar surface area (TPSA) is 80.1 Å². The van der Waals surface area contributed by atoms with Gasteiger partial charge < -0.3 is 19.3 Å². The minimum Gasteiger partial charge on any atom is -0.474 e. The zero-order valence-corrected chi connectivity index (χ0v) is 20.5. The molecular formula is C24H30ClN5O4. The van der Waals surface area contributed by atoms with Crippen LogP contribution in [0.3, 0.4) is 0 Å². The Morgan fingerprint density at radius 3 is 2.71 bits per heavy atom. The Balaban J connectivity index is 1.39. The number of carbonyl (C=O) groups excluding carboxylic acids is 2. The van der Waals surface area contributed by atoms with Gasteiger partial charge in [0.25, 0.3) is 11.8 Å². The average molecular weight is 488 g/mol. The van der Waals surface area contributed by atoms with Crippen molar-refractivity contribution in [2.24, 2.45) is 7.05 Å². The standard InChI is InChI=1S/C24H30ClN5O4/c1-27(2)11-12-33-21-20(25)19(28(3)26-21)13-18-16-7-4-5-8-17(16)22(31)30(18)15-29-14-24(9-6-10-24)34-23(29)32/h4-5,7-8,18H,6,9-15H2,1-3H3. The van der Waals surface area contributed by atoms with E-state index >= 15 is 0 Å². The van der Waals surface area contributed by atoms with Gasteiger partial charge in [-0.3, -0.25) is 14.4 Å². The summed E-state index contributed by atoms with van der Waals surface area (Å²) in [6.07, 6.45) is 2.94. The van der Waals surface area contributed by atoms with E-state index in [1.807, 2.05) is 50.3 Å². The van der Waals surface area contributed by atoms with Crippen LogP contribution >= 0.6 is 11.6 Å². The highest BCUT2D eigenvalue weighted by atomic mass is 35.5. The molecule has 0 bridgehead atoms. The SMILES string of the molecule is CN(C)CCOc1nn(C)c(CC2c3ccccc3C(=O)N2CN2CC3(CCC3)OC2=O)c1Cl. The molecule has 5 rings (SSSR count). The quantitative estimate of drug-likeness (QED) is 0.569. The molecule has 1 unspecified atom stereocenters. The molecule has 9 nitrogen and oxygen atoms in total. The first-order valence-electron chi connectivity index (χ1n) is 11.6. The maximum Gasteiger partial charge on any atom is 0.411 e. The summed E-state index contributed by atoms with van der Waals surface area (Å²) in [6.45, 7) is 1.92. The highest BCUT2D eigenvalue weighted by Crippen LogP contribution is 2.43. The monoisotopic (exact) mass is 487 g/mol. The lowest BCUT2D eigenvalue weighted by Crippen LogP contribution is -2.45. The number of likely N-dealkylation sites (N-methyl/N-ethyl adjacent to an activating group) is 1. The Bertz CT molecular complexity index is 1110. The van der Waals surface area contributed by atoms with E-state index in [2.05, 4.69) is 5.10 Å². The Kier molecular flexibility index (Phi) is 5.93. The number of amides is 2. The molecule has 1 aromatic heterocycles. The van der Waals surface area contributed by atoms with Crippen LogP contribution in [0.1, 0.15) is 46.9 Å². The van der Waals surface area contributed by atoms with Crippen molar-refractivity contribution in [3.05, 3.63) is 46.1 Å². The number of hydrogen-bond acceptors (Lipinski definition) is 6. The second-order valence-electron chi connectivity index (χ2n) is 9.67. The van der Waals surface area contributed by atoms with Crippen LogP contribution in [-0.4, -0.2) is 82.5 Å². The van der Waals surface area contributed by atoms with Crippen LogP contribution in [-0.2, 0) is 18.2 Å². The predicted molar refractivity (Wildman–Crippen MR) is 126 cm³/mol. The Labute approximate surface area is 204 Å². The summed E-state index contributed by atoms with van der Waals surface area (Å²) in [6, 6.07) is 7.31. The molecule has 1 aromatic carbocycles. The molecule has 1 atom stereocenters. The lowest BCUT2D eigenvalue weighted by atomic mass is 9.80. The van der Waals surface area contributed by atoms with E-state index in [9.17, 15) is 9.59 Å². The third-order valence-electron chi connectivity index (χ3n) is 7.05. The van der Waals surface area contributed by atoms with E-state index in [-0.39, 0.29) is 30.3 Å². The maximum absolute atomic E-state index is 13.4. The number of carbonyl (C=O) groups is 2. The molecule has 2 aromatic rings. The van der Waals surface area contributed by atoms with Crippen molar-refractivity contribution in [1.82, 2.24) is 24.5 Å². The molecule has 3 heterocycles. The van der Waals surface area contributed by atoms with Crippen LogP contribution in [0, 0.1) is 0 Å². The molecule has 1 saturated carbocycles. The molecule has 3 aliphatic rings. The summed E-state index contributed by atoms with van der Waals surface area (Å²) in [5.74, 6) is 0.295. The summed E-state index contributed by atoms with van der Waals surface area (Å²) in [4.78, 5) is 31.4. The number of benzene rings is 1. The van der Waals surface area contributed by atoms with E-state index < -0.39 is 0 Å². The fraction of sp³-hybridized carbons (Fsp3) is 0.542. The van der Waals surface area contributed by atoms with Gasteiger partial charge in [0.2, 0.25) is 0 Å². The second-order valence-corrected chi connectivity index (χ2v) is 10.0. The highest BCUT2D eigenvalue weighted by molar-refractivity contribution is 6.32. The molecule has 0 radical (unpaired) electrons. The first-order chi connectivity index (χ1) is 16.3. The van der Waals surface area contributed by atoms with Gasteiger partial charge in [-0.1, -0.05) is 29.8 Å². The van der Waals surface area contributed by atoms with Crippen LogP contribution in [0.15, 0.2) is 24.3 Å². The van der Waals surface area contributed by atoms with Gasteiger partial charge in [-0.05, 0) is 45.0 Å². The van der Waals surface area contributed by atoms with Gasteiger partial charge in [0.15, 0.2) is 0 Å². The molecule has 2 amide bonds. The molecule has 1 saturated heterocycles. The van der Waals surface area contributed by atoms with Crippen molar-refractivity contribution in [3.63, 3.8) is 0 Å². The highest BCUT2D eigenvalue weighted by Gasteiger charge is 2.51. The van der Waals surface area contributed by atoms with Gasteiger partial charge in [0, 0.05) is 25.6 Å². The van der Waals surface area contributed by atoms with E-state index in [0.717, 1.165) is 37.1 Å². The minimum absolute atomic E-state index is 0.0938. The fourth-order valence-corrected chi connectivity index (χ4v) is 5.27. The van der Waals surface area contributed by atoms with E-state index in [1.54, 1.807) is 14.5 Å². The zero-order valence-electron chi connectivity index (χ0n) is 19.8. The summed E-state index contributed by atoms with van der Waals surface area (Å²) < 4.78 is 13.2. The Morgan fingerprint density at radius 1 is 1.26 bits per heavy atom. The lowest BCUT2D eigenvalue weighted by molar-refractivity contribution is -0.00711. The van der Waals surface area contributed by atoms with Crippen LogP contribution in [0.2, 0.25) is 5.02 Å². The Morgan fingerprint density at radius 2 is 2.03 bits per heavy atom. The van der Waals surface area contributed by atoms with Crippen molar-refractivity contribution in [3.8, 4) is 5.88 Å². The van der Waals surface area contributed by atoms with Gasteiger partial charge in [0.05, 0.1) is 18.3 Å². The number of fused-ring (bicyclic) bond motifs is 1. The largest absolute Gasteiger partial charge is 0.474 e. The number of nitrogens with zero attached hydrogens (tertiary/aromatic N) is 5. The zero-order chi connectivity index (χ0) is 24.0. The fourth-order valence-electron chi connectivity index (χ4n) is 4.97. The molecule has 182 valence electrons. The number of aryl methyl sites for hydroxylation is 1. The molecule has 2 aliphatic heterocycles. The van der Waals surface area contributed by atoms with Gasteiger partial charge in [-0.15, -0.1) is 5.10 Å². The van der Waals surface area contributed by atoms with Crippen molar-refractivity contribution in [2.45, 2.75) is 37.3 Å². The summed E-state index contributed by atoms with van der Waals surface area (Å²) in [5, 5.41) is 4.91. The first-order valence-corrected chi connectivity index (χ1v) is 12.0. The van der Waals surface area contributed by atoms with Crippen LogP contribution in [0.5, 0.6) is 5.88 Å². The Hall–Kier alpha value is -2.78. The number of rotatable bonds is 8. The normalized spacial score (nSPS) is 20.8. The second kappa shape index (κ2) is 8.78. The molecule has 2 fully saturated rings. The summed E-state index contributed by atoms with van der Waals surface area (Å²) in [7, 11) is 5.77. The number of ether oxygens (including phenoxy) is 2. The lowest BCUT2D eigenvalue weighted by Gasteiger charge is -2.35. The van der Waals surface area contributed by atoms with Crippen LogP contribution < -0.4 is 4.74 Å². The molecule has 1 aliphatic carbocycles. The molecular weight excluding hydrogens is 458 g/mol. The summed E-state index contributed by atoms with van der Waals surface area (Å²) in [5.41, 5.74) is 1.98. The first kappa shape index (κ1) is 23.0. The van der Waals surface area contributed by atoms with Crippen LogP contribution in [0.25, 0.3) is 0 Å². The average Bonchev–Trinajstić information content (AvgIpc) is 3.35. The smallest absolute Gasteiger partial charge is 0.411 e. The van der Waals surface area contributed by atoms with Crippen LogP contribution in [0.4, 0.5) is 4.79 Å². The number of aromatic nitrogens is 2. The summed E-state index contributed by atoms with van der Waals surface area (Å²) >= 11 is 6.68. The predicted octanol–water partition coefficient (Wildman–Crippen LogP) is 3.09. The molecule has 10 heteroatoms. The van der Waals surface area contributed by atoms with Gasteiger partial charge in [-0.25, -0.2) is 4.79 Å². The van der Waals surface area contributed by atoms with E-state index in [1.165, 1.54) is 0 Å². The third kappa shape index (κ3) is 4.01. The third-order valence-corrected chi connectivity index (χ3v) is 7.43. The molecule has 0 N–H and O–H groups in total. The number of halogens is 1.